The number of amides is 2. The molecule has 8 heteroatoms. The summed E-state index contributed by atoms with van der Waals surface area (Å²) in [4.78, 5) is 37.3. The van der Waals surface area contributed by atoms with E-state index in [1.54, 1.807) is 24.1 Å². The van der Waals surface area contributed by atoms with Crippen molar-refractivity contribution in [3.05, 3.63) is 54.1 Å². The molecule has 1 aliphatic carbocycles. The van der Waals surface area contributed by atoms with Crippen LogP contribution in [0.25, 0.3) is 0 Å². The summed E-state index contributed by atoms with van der Waals surface area (Å²) in [5, 5.41) is 8.71. The highest BCUT2D eigenvalue weighted by Crippen LogP contribution is 2.48. The van der Waals surface area contributed by atoms with Crippen molar-refractivity contribution < 1.29 is 14.8 Å². The summed E-state index contributed by atoms with van der Waals surface area (Å²) < 4.78 is 0. The molecule has 2 aromatic rings. The monoisotopic (exact) mass is 395 g/mol. The van der Waals surface area contributed by atoms with Crippen molar-refractivity contribution in [1.82, 2.24) is 20.3 Å². The molecule has 8 nitrogen and oxygen atoms in total. The number of rotatable bonds is 6. The van der Waals surface area contributed by atoms with Crippen molar-refractivity contribution in [3.63, 3.8) is 0 Å². The van der Waals surface area contributed by atoms with Gasteiger partial charge >= 0.3 is 0 Å². The first-order chi connectivity index (χ1) is 14.1. The third-order valence-electron chi connectivity index (χ3n) is 5.86. The Balaban J connectivity index is 1.40. The van der Waals surface area contributed by atoms with Gasteiger partial charge in [0.05, 0.1) is 11.1 Å². The molecule has 2 N–H and O–H groups in total. The third-order valence-corrected chi connectivity index (χ3v) is 5.86. The lowest BCUT2D eigenvalue weighted by Crippen LogP contribution is -2.52. The van der Waals surface area contributed by atoms with Crippen molar-refractivity contribution in [2.45, 2.75) is 31.1 Å². The van der Waals surface area contributed by atoms with E-state index < -0.39 is 11.3 Å². The highest BCUT2D eigenvalue weighted by atomic mass is 16.5. The number of para-hydroxylation sites is 1. The van der Waals surface area contributed by atoms with Crippen LogP contribution in [0.3, 0.4) is 0 Å². The second-order valence-corrected chi connectivity index (χ2v) is 7.62. The van der Waals surface area contributed by atoms with Crippen molar-refractivity contribution in [2.75, 3.05) is 31.1 Å². The van der Waals surface area contributed by atoms with Crippen LogP contribution in [0.5, 0.6) is 0 Å². The highest BCUT2D eigenvalue weighted by Gasteiger charge is 2.54. The summed E-state index contributed by atoms with van der Waals surface area (Å²) >= 11 is 0. The van der Waals surface area contributed by atoms with Crippen molar-refractivity contribution >= 4 is 17.5 Å². The van der Waals surface area contributed by atoms with Crippen LogP contribution in [0.2, 0.25) is 0 Å². The molecule has 0 radical (unpaired) electrons. The second kappa shape index (κ2) is 8.16. The van der Waals surface area contributed by atoms with Gasteiger partial charge in [0.25, 0.3) is 0 Å². The number of aromatic nitrogens is 2. The van der Waals surface area contributed by atoms with E-state index in [0.717, 1.165) is 42.9 Å². The maximum atomic E-state index is 13.2. The summed E-state index contributed by atoms with van der Waals surface area (Å²) in [7, 11) is 0. The van der Waals surface area contributed by atoms with Crippen LogP contribution >= 0.6 is 0 Å². The predicted octanol–water partition coefficient (Wildman–Crippen LogP) is 1.29. The average molecular weight is 395 g/mol. The first-order valence-corrected chi connectivity index (χ1v) is 9.96. The molecule has 1 aromatic carbocycles. The summed E-state index contributed by atoms with van der Waals surface area (Å²) in [6.45, 7) is 2.80. The number of carbonyl (C=O) groups is 2. The Morgan fingerprint density at radius 3 is 2.52 bits per heavy atom. The van der Waals surface area contributed by atoms with Crippen LogP contribution in [0.4, 0.5) is 5.69 Å². The van der Waals surface area contributed by atoms with E-state index in [-0.39, 0.29) is 12.3 Å². The lowest BCUT2D eigenvalue weighted by molar-refractivity contribution is -0.134. The lowest BCUT2D eigenvalue weighted by Gasteiger charge is -2.38. The Morgan fingerprint density at radius 2 is 1.86 bits per heavy atom. The fourth-order valence-corrected chi connectivity index (χ4v) is 4.04. The number of aryl methyl sites for hydroxylation is 1. The Hall–Kier alpha value is -3.00. The molecule has 1 aliphatic heterocycles. The number of anilines is 1. The number of piperazine rings is 1. The quantitative estimate of drug-likeness (QED) is 0.565. The van der Waals surface area contributed by atoms with Gasteiger partial charge in [-0.1, -0.05) is 18.2 Å². The average Bonchev–Trinajstić information content (AvgIpc) is 3.60. The predicted molar refractivity (Wildman–Crippen MR) is 106 cm³/mol. The first-order valence-electron chi connectivity index (χ1n) is 9.96. The Morgan fingerprint density at radius 1 is 1.10 bits per heavy atom. The molecule has 152 valence electrons. The van der Waals surface area contributed by atoms with Gasteiger partial charge in [0.2, 0.25) is 11.8 Å². The third kappa shape index (κ3) is 3.93. The molecule has 1 saturated carbocycles. The number of hydroxylamine groups is 1. The smallest absolute Gasteiger partial charge is 0.243 e. The minimum atomic E-state index is -0.480. The van der Waals surface area contributed by atoms with Gasteiger partial charge < -0.3 is 9.80 Å². The highest BCUT2D eigenvalue weighted by molar-refractivity contribution is 5.91. The van der Waals surface area contributed by atoms with Gasteiger partial charge in [-0.05, 0) is 30.9 Å². The molecule has 2 fully saturated rings. The molecule has 0 unspecified atom stereocenters. The summed E-state index contributed by atoms with van der Waals surface area (Å²) in [5.41, 5.74) is 4.12. The molecule has 2 heterocycles. The van der Waals surface area contributed by atoms with E-state index in [1.165, 1.54) is 0 Å². The Bertz CT molecular complexity index is 877. The van der Waals surface area contributed by atoms with Gasteiger partial charge in [-0.15, -0.1) is 0 Å². The molecule has 4 rings (SSSR count). The fraction of sp³-hybridized carbons (Fsp3) is 0.429. The molecule has 1 saturated heterocycles. The zero-order chi connectivity index (χ0) is 20.3. The largest absolute Gasteiger partial charge is 0.368 e. The van der Waals surface area contributed by atoms with Crippen LogP contribution in [-0.2, 0) is 21.4 Å². The summed E-state index contributed by atoms with van der Waals surface area (Å²) in [6, 6.07) is 7.99. The number of nitrogens with one attached hydrogen (secondary N) is 1. The van der Waals surface area contributed by atoms with Gasteiger partial charge in [-0.25, -0.2) is 5.48 Å². The van der Waals surface area contributed by atoms with Crippen molar-refractivity contribution in [3.8, 4) is 0 Å². The second-order valence-electron chi connectivity index (χ2n) is 7.62. The molecule has 0 spiro atoms. The summed E-state index contributed by atoms with van der Waals surface area (Å²) in [6.07, 6.45) is 7.43. The Labute approximate surface area is 169 Å². The van der Waals surface area contributed by atoms with E-state index in [2.05, 4.69) is 14.9 Å². The van der Waals surface area contributed by atoms with Gasteiger partial charge in [0.1, 0.15) is 0 Å². The van der Waals surface area contributed by atoms with Gasteiger partial charge in [0.15, 0.2) is 0 Å². The van der Waals surface area contributed by atoms with Crippen molar-refractivity contribution in [2.24, 2.45) is 0 Å². The van der Waals surface area contributed by atoms with Crippen LogP contribution in [-0.4, -0.2) is 58.1 Å². The van der Waals surface area contributed by atoms with E-state index in [9.17, 15) is 9.59 Å². The minimum absolute atomic E-state index is 0.158. The van der Waals surface area contributed by atoms with Crippen LogP contribution in [0, 0.1) is 0 Å². The number of benzene rings is 1. The van der Waals surface area contributed by atoms with Gasteiger partial charge in [0, 0.05) is 56.9 Å². The SMILES string of the molecule is O=C(CCc1ccccc1N1CCN(C(=O)C2(c3cnccn3)CC2)CC1)NO. The molecule has 0 atom stereocenters. The number of hydrogen-bond acceptors (Lipinski definition) is 6. The van der Waals surface area contributed by atoms with Crippen LogP contribution in [0.15, 0.2) is 42.9 Å². The molecule has 29 heavy (non-hydrogen) atoms. The van der Waals surface area contributed by atoms with E-state index >= 15 is 0 Å². The molecule has 2 aliphatic rings. The topological polar surface area (TPSA) is 98.7 Å². The maximum Gasteiger partial charge on any atom is 0.243 e. The van der Waals surface area contributed by atoms with E-state index in [0.29, 0.717) is 19.5 Å². The first kappa shape index (κ1) is 19.3. The number of carbonyl (C=O) groups excluding carboxylic acids is 2. The van der Waals surface area contributed by atoms with Crippen LogP contribution < -0.4 is 10.4 Å². The molecule has 1 aromatic heterocycles. The normalized spacial score (nSPS) is 17.7. The van der Waals surface area contributed by atoms with Crippen molar-refractivity contribution in [1.29, 1.82) is 0 Å². The van der Waals surface area contributed by atoms with E-state index in [4.69, 9.17) is 5.21 Å². The Kier molecular flexibility index (Phi) is 5.44. The number of nitrogens with zero attached hydrogens (tertiary/aromatic N) is 4. The summed E-state index contributed by atoms with van der Waals surface area (Å²) in [5.74, 6) is -0.237. The standard InChI is InChI=1S/C21H25N5O3/c27-19(24-29)6-5-16-3-1-2-4-17(16)25-11-13-26(14-12-25)20(28)21(7-8-21)18-15-22-9-10-23-18/h1-4,9-10,15,29H,5-8,11-14H2,(H,24,27). The van der Waals surface area contributed by atoms with Gasteiger partial charge in [-0.2, -0.15) is 0 Å². The zero-order valence-electron chi connectivity index (χ0n) is 16.3. The van der Waals surface area contributed by atoms with Gasteiger partial charge in [-0.3, -0.25) is 24.8 Å². The molecule has 2 amide bonds. The minimum Gasteiger partial charge on any atom is -0.368 e. The molecular formula is C21H25N5O3. The zero-order valence-corrected chi connectivity index (χ0v) is 16.3. The fourth-order valence-electron chi connectivity index (χ4n) is 4.04. The molecular weight excluding hydrogens is 370 g/mol. The lowest BCUT2D eigenvalue weighted by atomic mass is 10.00. The maximum absolute atomic E-state index is 13.2. The van der Waals surface area contributed by atoms with Crippen LogP contribution in [0.1, 0.15) is 30.5 Å². The number of hydrogen-bond donors (Lipinski definition) is 2. The van der Waals surface area contributed by atoms with E-state index in [1.807, 2.05) is 29.2 Å². The molecule has 0 bridgehead atoms.